The summed E-state index contributed by atoms with van der Waals surface area (Å²) in [6, 6.07) is 0.823. The van der Waals surface area contributed by atoms with Gasteiger partial charge in [-0.15, -0.1) is 0 Å². The van der Waals surface area contributed by atoms with Crippen LogP contribution in [0, 0.1) is 5.41 Å². The van der Waals surface area contributed by atoms with E-state index < -0.39 is 0 Å². The zero-order valence-corrected chi connectivity index (χ0v) is 13.8. The molecule has 4 nitrogen and oxygen atoms in total. The zero-order valence-electron chi connectivity index (χ0n) is 13.8. The number of nitrogens with one attached hydrogen (secondary N) is 1. The summed E-state index contributed by atoms with van der Waals surface area (Å²) < 4.78 is 5.73. The van der Waals surface area contributed by atoms with E-state index in [2.05, 4.69) is 22.0 Å². The Morgan fingerprint density at radius 3 is 2.76 bits per heavy atom. The van der Waals surface area contributed by atoms with Gasteiger partial charge in [-0.3, -0.25) is 4.90 Å². The summed E-state index contributed by atoms with van der Waals surface area (Å²) in [5, 5.41) is 3.56. The van der Waals surface area contributed by atoms with E-state index in [0.717, 1.165) is 32.3 Å². The lowest BCUT2D eigenvalue weighted by Crippen LogP contribution is -2.46. The van der Waals surface area contributed by atoms with E-state index in [9.17, 15) is 0 Å². The van der Waals surface area contributed by atoms with Crippen LogP contribution >= 0.6 is 0 Å². The van der Waals surface area contributed by atoms with E-state index >= 15 is 0 Å². The Morgan fingerprint density at radius 2 is 2.05 bits per heavy atom. The zero-order chi connectivity index (χ0) is 14.5. The van der Waals surface area contributed by atoms with E-state index in [1.54, 1.807) is 0 Å². The molecule has 0 radical (unpaired) electrons. The van der Waals surface area contributed by atoms with Gasteiger partial charge in [-0.1, -0.05) is 13.3 Å². The third-order valence-electron chi connectivity index (χ3n) is 5.65. The van der Waals surface area contributed by atoms with E-state index in [1.165, 1.54) is 64.8 Å². The molecule has 1 N–H and O–H groups in total. The van der Waals surface area contributed by atoms with Gasteiger partial charge in [0.2, 0.25) is 0 Å². The maximum atomic E-state index is 5.73. The predicted molar refractivity (Wildman–Crippen MR) is 86.7 cm³/mol. The van der Waals surface area contributed by atoms with Gasteiger partial charge in [0.15, 0.2) is 0 Å². The lowest BCUT2D eigenvalue weighted by atomic mass is 9.86. The molecule has 0 bridgehead atoms. The molecule has 3 saturated heterocycles. The molecule has 3 fully saturated rings. The van der Waals surface area contributed by atoms with Crippen molar-refractivity contribution in [1.82, 2.24) is 15.1 Å². The number of piperidine rings is 1. The molecule has 0 aromatic rings. The quantitative estimate of drug-likeness (QED) is 0.805. The van der Waals surface area contributed by atoms with Gasteiger partial charge in [0.1, 0.15) is 0 Å². The number of ether oxygens (including phenoxy) is 1. The highest BCUT2D eigenvalue weighted by molar-refractivity contribution is 4.92. The number of rotatable bonds is 6. The van der Waals surface area contributed by atoms with E-state index in [0.29, 0.717) is 5.41 Å². The van der Waals surface area contributed by atoms with Crippen molar-refractivity contribution in [2.45, 2.75) is 45.1 Å². The highest BCUT2D eigenvalue weighted by Gasteiger charge is 2.38. The molecule has 4 heteroatoms. The maximum absolute atomic E-state index is 5.73. The fourth-order valence-electron chi connectivity index (χ4n) is 4.37. The molecule has 122 valence electrons. The molecule has 0 spiro atoms. The first kappa shape index (κ1) is 15.7. The molecule has 2 atom stereocenters. The molecule has 3 aliphatic heterocycles. The van der Waals surface area contributed by atoms with Gasteiger partial charge in [0, 0.05) is 37.7 Å². The Labute approximate surface area is 130 Å². The van der Waals surface area contributed by atoms with E-state index in [-0.39, 0.29) is 0 Å². The smallest absolute Gasteiger partial charge is 0.0547 e. The summed E-state index contributed by atoms with van der Waals surface area (Å²) in [6.07, 6.45) is 6.86. The summed E-state index contributed by atoms with van der Waals surface area (Å²) in [5.74, 6) is 0. The van der Waals surface area contributed by atoms with Crippen LogP contribution in [0.4, 0.5) is 0 Å². The van der Waals surface area contributed by atoms with Crippen molar-refractivity contribution in [3.8, 4) is 0 Å². The number of hydrogen-bond donors (Lipinski definition) is 1. The molecule has 3 aliphatic rings. The monoisotopic (exact) mass is 295 g/mol. The first-order valence-electron chi connectivity index (χ1n) is 9.06. The largest absolute Gasteiger partial charge is 0.381 e. The van der Waals surface area contributed by atoms with Gasteiger partial charge in [-0.2, -0.15) is 0 Å². The van der Waals surface area contributed by atoms with Crippen LogP contribution in [0.3, 0.4) is 0 Å². The first-order chi connectivity index (χ1) is 10.3. The van der Waals surface area contributed by atoms with Gasteiger partial charge in [-0.05, 0) is 51.9 Å². The van der Waals surface area contributed by atoms with Crippen LogP contribution in [0.15, 0.2) is 0 Å². The summed E-state index contributed by atoms with van der Waals surface area (Å²) in [4.78, 5) is 5.47. The van der Waals surface area contributed by atoms with Crippen molar-refractivity contribution >= 4 is 0 Å². The highest BCUT2D eigenvalue weighted by Crippen LogP contribution is 2.31. The van der Waals surface area contributed by atoms with Crippen molar-refractivity contribution in [3.63, 3.8) is 0 Å². The third-order valence-corrected chi connectivity index (χ3v) is 5.65. The standard InChI is InChI=1S/C17H33N3O/c1-2-18-13-17(7-11-21-15-17)14-19-10-6-16(12-19)20-8-4-3-5-9-20/h16,18H,2-15H2,1H3. The second kappa shape index (κ2) is 7.40. The Kier molecular flexibility index (Phi) is 5.54. The van der Waals surface area contributed by atoms with Crippen LogP contribution in [-0.4, -0.2) is 74.9 Å². The number of nitrogens with zero attached hydrogens (tertiary/aromatic N) is 2. The molecule has 3 rings (SSSR count). The predicted octanol–water partition coefficient (Wildman–Crippen LogP) is 1.56. The summed E-state index contributed by atoms with van der Waals surface area (Å²) in [5.41, 5.74) is 0.368. The minimum absolute atomic E-state index is 0.368. The van der Waals surface area contributed by atoms with Crippen molar-refractivity contribution in [3.05, 3.63) is 0 Å². The van der Waals surface area contributed by atoms with Crippen molar-refractivity contribution in [2.24, 2.45) is 5.41 Å². The fraction of sp³-hybridized carbons (Fsp3) is 1.00. The average Bonchev–Trinajstić information content (AvgIpc) is 3.17. The van der Waals surface area contributed by atoms with Crippen molar-refractivity contribution in [1.29, 1.82) is 0 Å². The minimum Gasteiger partial charge on any atom is -0.381 e. The first-order valence-corrected chi connectivity index (χ1v) is 9.06. The van der Waals surface area contributed by atoms with E-state index in [1.807, 2.05) is 0 Å². The second-order valence-electron chi connectivity index (χ2n) is 7.36. The lowest BCUT2D eigenvalue weighted by Gasteiger charge is -2.34. The summed E-state index contributed by atoms with van der Waals surface area (Å²) in [6.45, 7) is 12.8. The SMILES string of the molecule is CCNCC1(CN2CCC(N3CCCCC3)C2)CCOC1. The van der Waals surface area contributed by atoms with Crippen LogP contribution in [0.25, 0.3) is 0 Å². The van der Waals surface area contributed by atoms with Crippen LogP contribution < -0.4 is 5.32 Å². The Balaban J connectivity index is 1.50. The van der Waals surface area contributed by atoms with Gasteiger partial charge in [0.05, 0.1) is 6.61 Å². The molecule has 2 unspecified atom stereocenters. The Hall–Kier alpha value is -0.160. The van der Waals surface area contributed by atoms with Gasteiger partial charge >= 0.3 is 0 Å². The van der Waals surface area contributed by atoms with Crippen LogP contribution in [0.2, 0.25) is 0 Å². The molecular weight excluding hydrogens is 262 g/mol. The molecular formula is C17H33N3O. The summed E-state index contributed by atoms with van der Waals surface area (Å²) >= 11 is 0. The van der Waals surface area contributed by atoms with Crippen LogP contribution in [0.1, 0.15) is 39.0 Å². The van der Waals surface area contributed by atoms with Crippen molar-refractivity contribution < 1.29 is 4.74 Å². The Bertz CT molecular complexity index is 311. The normalized spacial score (nSPS) is 35.6. The molecule has 3 heterocycles. The molecule has 0 aromatic carbocycles. The molecule has 0 aliphatic carbocycles. The highest BCUT2D eigenvalue weighted by atomic mass is 16.5. The fourth-order valence-corrected chi connectivity index (χ4v) is 4.37. The summed E-state index contributed by atoms with van der Waals surface area (Å²) in [7, 11) is 0. The topological polar surface area (TPSA) is 27.7 Å². The second-order valence-corrected chi connectivity index (χ2v) is 7.36. The van der Waals surface area contributed by atoms with E-state index in [4.69, 9.17) is 4.74 Å². The van der Waals surface area contributed by atoms with Crippen LogP contribution in [0.5, 0.6) is 0 Å². The number of hydrogen-bond acceptors (Lipinski definition) is 4. The Morgan fingerprint density at radius 1 is 1.19 bits per heavy atom. The molecule has 21 heavy (non-hydrogen) atoms. The molecule has 0 aromatic heterocycles. The van der Waals surface area contributed by atoms with Gasteiger partial charge < -0.3 is 15.0 Å². The maximum Gasteiger partial charge on any atom is 0.0547 e. The third kappa shape index (κ3) is 3.98. The molecule has 0 amide bonds. The number of likely N-dealkylation sites (tertiary alicyclic amines) is 2. The van der Waals surface area contributed by atoms with Gasteiger partial charge in [-0.25, -0.2) is 0 Å². The van der Waals surface area contributed by atoms with Crippen molar-refractivity contribution in [2.75, 3.05) is 59.0 Å². The minimum atomic E-state index is 0.368. The lowest BCUT2D eigenvalue weighted by molar-refractivity contribution is 0.110. The average molecular weight is 295 g/mol. The molecule has 0 saturated carbocycles. The van der Waals surface area contributed by atoms with Gasteiger partial charge in [0.25, 0.3) is 0 Å². The van der Waals surface area contributed by atoms with Crippen LogP contribution in [-0.2, 0) is 4.74 Å².